The summed E-state index contributed by atoms with van der Waals surface area (Å²) in [5, 5.41) is 5.25. The fourth-order valence-corrected chi connectivity index (χ4v) is 3.09. The summed E-state index contributed by atoms with van der Waals surface area (Å²) in [5.74, 6) is 0.635. The summed E-state index contributed by atoms with van der Waals surface area (Å²) < 4.78 is 42.6. The molecule has 0 aliphatic rings. The van der Waals surface area contributed by atoms with Crippen molar-refractivity contribution in [3.63, 3.8) is 0 Å². The molecule has 0 spiro atoms. The minimum Gasteiger partial charge on any atom is -0.299 e. The zero-order valence-electron chi connectivity index (χ0n) is 14.2. The number of rotatable bonds is 2. The lowest BCUT2D eigenvalue weighted by Gasteiger charge is -2.11. The number of halogens is 3. The van der Waals surface area contributed by atoms with Crippen molar-refractivity contribution < 1.29 is 13.2 Å². The van der Waals surface area contributed by atoms with Crippen LogP contribution in [0.25, 0.3) is 33.8 Å². The van der Waals surface area contributed by atoms with E-state index >= 15 is 0 Å². The van der Waals surface area contributed by atoms with Gasteiger partial charge in [0.05, 0.1) is 5.52 Å². The molecule has 0 aliphatic carbocycles. The Morgan fingerprint density at radius 2 is 1.75 bits per heavy atom. The Morgan fingerprint density at radius 1 is 0.857 bits per heavy atom. The van der Waals surface area contributed by atoms with E-state index in [9.17, 15) is 13.2 Å². The molecule has 0 unspecified atom stereocenters. The monoisotopic (exact) mass is 380 g/mol. The number of alkyl halides is 3. The van der Waals surface area contributed by atoms with Gasteiger partial charge in [0, 0.05) is 30.2 Å². The van der Waals surface area contributed by atoms with Gasteiger partial charge in [0.1, 0.15) is 16.9 Å². The summed E-state index contributed by atoms with van der Waals surface area (Å²) in [6.07, 6.45) is 2.41. The first-order chi connectivity index (χ1) is 13.5. The average molecular weight is 380 g/mol. The van der Waals surface area contributed by atoms with Crippen LogP contribution >= 0.6 is 0 Å². The van der Waals surface area contributed by atoms with Crippen molar-refractivity contribution in [1.29, 1.82) is 0 Å². The molecule has 0 bridgehead atoms. The summed E-state index contributed by atoms with van der Waals surface area (Å²) in [7, 11) is 0. The second-order valence-electron chi connectivity index (χ2n) is 6.12. The molecule has 9 heteroatoms. The Kier molecular flexibility index (Phi) is 3.45. The van der Waals surface area contributed by atoms with Crippen LogP contribution in [0.2, 0.25) is 0 Å². The van der Waals surface area contributed by atoms with Crippen LogP contribution in [-0.2, 0) is 6.18 Å². The number of hydrogen-bond donors (Lipinski definition) is 0. The van der Waals surface area contributed by atoms with Crippen molar-refractivity contribution in [1.82, 2.24) is 29.1 Å². The number of aromatic nitrogens is 6. The molecule has 5 rings (SSSR count). The molecule has 0 aromatic carbocycles. The van der Waals surface area contributed by atoms with Crippen LogP contribution in [0.5, 0.6) is 0 Å². The molecule has 0 saturated carbocycles. The Bertz CT molecular complexity index is 1320. The Hall–Kier alpha value is -3.75. The van der Waals surface area contributed by atoms with E-state index in [2.05, 4.69) is 20.1 Å². The van der Waals surface area contributed by atoms with Gasteiger partial charge in [-0.25, -0.2) is 14.5 Å². The number of fused-ring (bicyclic) bond motifs is 2. The zero-order valence-corrected chi connectivity index (χ0v) is 14.2. The van der Waals surface area contributed by atoms with Gasteiger partial charge in [0.25, 0.3) is 0 Å². The number of nitrogens with zero attached hydrogens (tertiary/aromatic N) is 6. The standard InChI is InChI=1S/C19H11F3N6/c20-19(21,22)16-5-1-3-13(24-16)17-25-18(15-4-2-9-28(15)26-17)27-10-7-12-11-23-8-6-14(12)27/h1-11H. The molecule has 0 amide bonds. The van der Waals surface area contributed by atoms with E-state index in [0.717, 1.165) is 17.0 Å². The predicted molar refractivity (Wildman–Crippen MR) is 95.8 cm³/mol. The molecule has 5 aromatic heterocycles. The third-order valence-electron chi connectivity index (χ3n) is 4.36. The molecule has 138 valence electrons. The maximum Gasteiger partial charge on any atom is 0.433 e. The van der Waals surface area contributed by atoms with Gasteiger partial charge in [-0.3, -0.25) is 9.55 Å². The van der Waals surface area contributed by atoms with Gasteiger partial charge in [-0.05, 0) is 36.4 Å². The highest BCUT2D eigenvalue weighted by molar-refractivity contribution is 5.82. The van der Waals surface area contributed by atoms with Crippen molar-refractivity contribution in [3.05, 3.63) is 72.9 Å². The van der Waals surface area contributed by atoms with Gasteiger partial charge in [-0.1, -0.05) is 6.07 Å². The van der Waals surface area contributed by atoms with Crippen LogP contribution in [-0.4, -0.2) is 29.1 Å². The molecule has 5 heterocycles. The van der Waals surface area contributed by atoms with Crippen LogP contribution < -0.4 is 0 Å². The Labute approximate surface area is 155 Å². The van der Waals surface area contributed by atoms with Gasteiger partial charge < -0.3 is 0 Å². The third-order valence-corrected chi connectivity index (χ3v) is 4.36. The quantitative estimate of drug-likeness (QED) is 0.462. The highest BCUT2D eigenvalue weighted by Crippen LogP contribution is 2.29. The summed E-state index contributed by atoms with van der Waals surface area (Å²) in [6.45, 7) is 0. The SMILES string of the molecule is FC(F)(F)c1cccc(-c2nc(-n3ccc4cnccc43)c3cccn3n2)n1. The fourth-order valence-electron chi connectivity index (χ4n) is 3.09. The van der Waals surface area contributed by atoms with E-state index < -0.39 is 11.9 Å². The smallest absolute Gasteiger partial charge is 0.299 e. The van der Waals surface area contributed by atoms with Gasteiger partial charge in [0.15, 0.2) is 5.82 Å². The van der Waals surface area contributed by atoms with Gasteiger partial charge in [-0.15, -0.1) is 5.10 Å². The highest BCUT2D eigenvalue weighted by atomic mass is 19.4. The molecule has 28 heavy (non-hydrogen) atoms. The molecule has 0 radical (unpaired) electrons. The summed E-state index contributed by atoms with van der Waals surface area (Å²) >= 11 is 0. The fraction of sp³-hybridized carbons (Fsp3) is 0.0526. The van der Waals surface area contributed by atoms with Crippen LogP contribution in [0.1, 0.15) is 5.69 Å². The molecular weight excluding hydrogens is 369 g/mol. The topological polar surface area (TPSA) is 60.9 Å². The van der Waals surface area contributed by atoms with E-state index in [4.69, 9.17) is 0 Å². The van der Waals surface area contributed by atoms with Crippen molar-refractivity contribution in [2.24, 2.45) is 0 Å². The first-order valence-electron chi connectivity index (χ1n) is 8.32. The number of pyridine rings is 2. The lowest BCUT2D eigenvalue weighted by atomic mass is 10.3. The van der Waals surface area contributed by atoms with E-state index in [1.807, 2.05) is 29.0 Å². The molecule has 6 nitrogen and oxygen atoms in total. The summed E-state index contributed by atoms with van der Waals surface area (Å²) in [5.41, 5.74) is 0.648. The van der Waals surface area contributed by atoms with E-state index in [1.54, 1.807) is 29.2 Å². The van der Waals surface area contributed by atoms with Crippen LogP contribution in [0, 0.1) is 0 Å². The largest absolute Gasteiger partial charge is 0.433 e. The first kappa shape index (κ1) is 16.4. The van der Waals surface area contributed by atoms with Gasteiger partial charge in [0.2, 0.25) is 5.82 Å². The maximum atomic E-state index is 13.0. The highest BCUT2D eigenvalue weighted by Gasteiger charge is 2.32. The summed E-state index contributed by atoms with van der Waals surface area (Å²) in [4.78, 5) is 12.3. The average Bonchev–Trinajstić information content (AvgIpc) is 3.33. The maximum absolute atomic E-state index is 13.0. The van der Waals surface area contributed by atoms with E-state index in [-0.39, 0.29) is 11.5 Å². The van der Waals surface area contributed by atoms with Gasteiger partial charge >= 0.3 is 6.18 Å². The van der Waals surface area contributed by atoms with Crippen molar-refractivity contribution in [2.45, 2.75) is 6.18 Å². The first-order valence-corrected chi connectivity index (χ1v) is 8.32. The van der Waals surface area contributed by atoms with Crippen LogP contribution in [0.4, 0.5) is 13.2 Å². The van der Waals surface area contributed by atoms with E-state index in [0.29, 0.717) is 11.3 Å². The normalized spacial score (nSPS) is 12.1. The van der Waals surface area contributed by atoms with Crippen molar-refractivity contribution >= 4 is 16.4 Å². The molecule has 0 fully saturated rings. The Balaban J connectivity index is 1.75. The summed E-state index contributed by atoms with van der Waals surface area (Å²) in [6, 6.07) is 11.1. The molecular formula is C19H11F3N6. The Morgan fingerprint density at radius 3 is 2.61 bits per heavy atom. The zero-order chi connectivity index (χ0) is 19.3. The van der Waals surface area contributed by atoms with Crippen molar-refractivity contribution in [3.8, 4) is 17.3 Å². The van der Waals surface area contributed by atoms with Gasteiger partial charge in [-0.2, -0.15) is 13.2 Å². The molecule has 0 N–H and O–H groups in total. The molecule has 0 saturated heterocycles. The minimum absolute atomic E-state index is 0.0461. The van der Waals surface area contributed by atoms with Crippen LogP contribution in [0.15, 0.2) is 67.3 Å². The van der Waals surface area contributed by atoms with E-state index in [1.165, 1.54) is 12.1 Å². The molecule has 5 aromatic rings. The lowest BCUT2D eigenvalue weighted by Crippen LogP contribution is -2.10. The third kappa shape index (κ3) is 2.59. The number of hydrogen-bond acceptors (Lipinski definition) is 4. The molecule has 0 atom stereocenters. The second kappa shape index (κ2) is 5.88. The van der Waals surface area contributed by atoms with Crippen molar-refractivity contribution in [2.75, 3.05) is 0 Å². The predicted octanol–water partition coefficient (Wildman–Crippen LogP) is 4.15. The lowest BCUT2D eigenvalue weighted by molar-refractivity contribution is -0.141. The minimum atomic E-state index is -4.54. The molecule has 0 aliphatic heterocycles. The van der Waals surface area contributed by atoms with Crippen LogP contribution in [0.3, 0.4) is 0 Å². The second-order valence-corrected chi connectivity index (χ2v) is 6.12.